The molecule has 2 aliphatic carbocycles. The SMILES string of the molecule is CC(C)(C)OC(=O)C1C(CN(CC#N)C2CCCC2)C1(C)C. The summed E-state index contributed by atoms with van der Waals surface area (Å²) in [7, 11) is 0. The Morgan fingerprint density at radius 2 is 1.91 bits per heavy atom. The highest BCUT2D eigenvalue weighted by Gasteiger charge is 2.63. The van der Waals surface area contributed by atoms with Crippen molar-refractivity contribution < 1.29 is 9.53 Å². The Labute approximate surface area is 134 Å². The van der Waals surface area contributed by atoms with E-state index in [1.165, 1.54) is 25.7 Å². The summed E-state index contributed by atoms with van der Waals surface area (Å²) in [5, 5.41) is 9.11. The van der Waals surface area contributed by atoms with Gasteiger partial charge in [0.05, 0.1) is 18.5 Å². The molecule has 0 aliphatic heterocycles. The molecular weight excluding hydrogens is 276 g/mol. The Bertz CT molecular complexity index is 453. The van der Waals surface area contributed by atoms with Crippen LogP contribution in [-0.2, 0) is 9.53 Å². The summed E-state index contributed by atoms with van der Waals surface area (Å²) in [5.74, 6) is 0.191. The Balaban J connectivity index is 1.99. The number of esters is 1. The minimum absolute atomic E-state index is 0.0192. The van der Waals surface area contributed by atoms with Crippen molar-refractivity contribution in [3.8, 4) is 6.07 Å². The number of nitrogens with zero attached hydrogens (tertiary/aromatic N) is 2. The minimum atomic E-state index is -0.432. The number of hydrogen-bond donors (Lipinski definition) is 0. The highest BCUT2D eigenvalue weighted by Crippen LogP contribution is 2.59. The van der Waals surface area contributed by atoms with Crippen LogP contribution in [0.1, 0.15) is 60.3 Å². The second-order valence-corrected chi connectivity index (χ2v) is 8.46. The van der Waals surface area contributed by atoms with Crippen LogP contribution in [0.3, 0.4) is 0 Å². The van der Waals surface area contributed by atoms with Gasteiger partial charge in [0.1, 0.15) is 5.60 Å². The summed E-state index contributed by atoms with van der Waals surface area (Å²) >= 11 is 0. The predicted molar refractivity (Wildman–Crippen MR) is 86.0 cm³/mol. The van der Waals surface area contributed by atoms with E-state index in [-0.39, 0.29) is 17.3 Å². The zero-order valence-corrected chi connectivity index (χ0v) is 14.7. The van der Waals surface area contributed by atoms with Gasteiger partial charge < -0.3 is 4.74 Å². The number of carbonyl (C=O) groups excluding carboxylic acids is 1. The molecule has 0 N–H and O–H groups in total. The molecule has 2 unspecified atom stereocenters. The van der Waals surface area contributed by atoms with Crippen molar-refractivity contribution in [1.82, 2.24) is 4.90 Å². The van der Waals surface area contributed by atoms with Gasteiger partial charge in [-0.05, 0) is 44.9 Å². The van der Waals surface area contributed by atoms with Crippen molar-refractivity contribution in [2.75, 3.05) is 13.1 Å². The van der Waals surface area contributed by atoms with E-state index >= 15 is 0 Å². The van der Waals surface area contributed by atoms with Crippen LogP contribution in [0.2, 0.25) is 0 Å². The molecule has 0 aromatic carbocycles. The van der Waals surface area contributed by atoms with Gasteiger partial charge in [0.2, 0.25) is 0 Å². The fourth-order valence-electron chi connectivity index (χ4n) is 3.87. The van der Waals surface area contributed by atoms with Gasteiger partial charge in [0.15, 0.2) is 0 Å². The third-order valence-electron chi connectivity index (χ3n) is 5.26. The Hall–Kier alpha value is -1.08. The average molecular weight is 306 g/mol. The first-order chi connectivity index (χ1) is 10.2. The highest BCUT2D eigenvalue weighted by molar-refractivity contribution is 5.78. The maximum Gasteiger partial charge on any atom is 0.310 e. The lowest BCUT2D eigenvalue weighted by Gasteiger charge is -2.26. The molecule has 22 heavy (non-hydrogen) atoms. The van der Waals surface area contributed by atoms with E-state index in [2.05, 4.69) is 24.8 Å². The molecular formula is C18H30N2O2. The van der Waals surface area contributed by atoms with Crippen LogP contribution in [0.25, 0.3) is 0 Å². The topological polar surface area (TPSA) is 53.3 Å². The summed E-state index contributed by atoms with van der Waals surface area (Å²) in [6.07, 6.45) is 4.89. The third kappa shape index (κ3) is 3.81. The second-order valence-electron chi connectivity index (χ2n) is 8.46. The van der Waals surface area contributed by atoms with Gasteiger partial charge in [0, 0.05) is 12.6 Å². The molecule has 0 aromatic heterocycles. The fourth-order valence-corrected chi connectivity index (χ4v) is 3.87. The fraction of sp³-hybridized carbons (Fsp3) is 0.889. The molecule has 0 amide bonds. The number of rotatable bonds is 5. The molecule has 2 aliphatic rings. The first-order valence-electron chi connectivity index (χ1n) is 8.50. The summed E-state index contributed by atoms with van der Waals surface area (Å²) < 4.78 is 5.57. The molecule has 124 valence electrons. The van der Waals surface area contributed by atoms with Crippen molar-refractivity contribution in [1.29, 1.82) is 5.26 Å². The van der Waals surface area contributed by atoms with Crippen molar-refractivity contribution in [3.63, 3.8) is 0 Å². The van der Waals surface area contributed by atoms with Crippen LogP contribution in [-0.4, -0.2) is 35.6 Å². The van der Waals surface area contributed by atoms with Gasteiger partial charge in [-0.25, -0.2) is 0 Å². The standard InChI is InChI=1S/C18H30N2O2/c1-17(2,3)22-16(21)15-14(18(15,4)5)12-20(11-10-19)13-8-6-7-9-13/h13-15H,6-9,11-12H2,1-5H3. The lowest BCUT2D eigenvalue weighted by molar-refractivity contribution is -0.157. The molecule has 0 bridgehead atoms. The van der Waals surface area contributed by atoms with Gasteiger partial charge in [-0.1, -0.05) is 26.7 Å². The van der Waals surface area contributed by atoms with Crippen molar-refractivity contribution >= 4 is 5.97 Å². The van der Waals surface area contributed by atoms with E-state index in [0.717, 1.165) is 6.54 Å². The molecule has 0 aromatic rings. The van der Waals surface area contributed by atoms with Crippen LogP contribution >= 0.6 is 0 Å². The molecule has 0 spiro atoms. The zero-order valence-electron chi connectivity index (χ0n) is 14.7. The summed E-state index contributed by atoms with van der Waals surface area (Å²) in [6.45, 7) is 11.3. The molecule has 2 rings (SSSR count). The molecule has 2 fully saturated rings. The summed E-state index contributed by atoms with van der Waals surface area (Å²) in [4.78, 5) is 14.7. The summed E-state index contributed by atoms with van der Waals surface area (Å²) in [6, 6.07) is 2.82. The van der Waals surface area contributed by atoms with Gasteiger partial charge in [-0.15, -0.1) is 0 Å². The average Bonchev–Trinajstić information content (AvgIpc) is 2.78. The van der Waals surface area contributed by atoms with Crippen LogP contribution in [0.15, 0.2) is 0 Å². The first kappa shape index (κ1) is 17.3. The smallest absolute Gasteiger partial charge is 0.310 e. The minimum Gasteiger partial charge on any atom is -0.460 e. The molecule has 0 radical (unpaired) electrons. The monoisotopic (exact) mass is 306 g/mol. The molecule has 2 atom stereocenters. The van der Waals surface area contributed by atoms with Crippen LogP contribution in [0, 0.1) is 28.6 Å². The van der Waals surface area contributed by atoms with Gasteiger partial charge in [0.25, 0.3) is 0 Å². The van der Waals surface area contributed by atoms with Crippen LogP contribution < -0.4 is 0 Å². The van der Waals surface area contributed by atoms with Gasteiger partial charge >= 0.3 is 5.97 Å². The summed E-state index contributed by atoms with van der Waals surface area (Å²) in [5.41, 5.74) is -0.452. The Kier molecular flexibility index (Phi) is 4.87. The largest absolute Gasteiger partial charge is 0.460 e. The predicted octanol–water partition coefficient (Wildman–Crippen LogP) is 3.37. The maximum absolute atomic E-state index is 12.4. The van der Waals surface area contributed by atoms with Crippen molar-refractivity contribution in [3.05, 3.63) is 0 Å². The maximum atomic E-state index is 12.4. The Morgan fingerprint density at radius 1 is 1.32 bits per heavy atom. The van der Waals surface area contributed by atoms with Crippen LogP contribution in [0.4, 0.5) is 0 Å². The van der Waals surface area contributed by atoms with Gasteiger partial charge in [-0.2, -0.15) is 5.26 Å². The number of ether oxygens (including phenoxy) is 1. The zero-order chi connectivity index (χ0) is 16.5. The van der Waals surface area contributed by atoms with Gasteiger partial charge in [-0.3, -0.25) is 9.69 Å². The van der Waals surface area contributed by atoms with Crippen molar-refractivity contribution in [2.45, 2.75) is 71.9 Å². The molecule has 2 saturated carbocycles. The second kappa shape index (κ2) is 6.20. The molecule has 0 saturated heterocycles. The third-order valence-corrected chi connectivity index (χ3v) is 5.26. The lowest BCUT2D eigenvalue weighted by Crippen LogP contribution is -2.36. The normalized spacial score (nSPS) is 27.7. The van der Waals surface area contributed by atoms with Crippen LogP contribution in [0.5, 0.6) is 0 Å². The van der Waals surface area contributed by atoms with E-state index < -0.39 is 5.60 Å². The van der Waals surface area contributed by atoms with E-state index in [0.29, 0.717) is 18.5 Å². The molecule has 4 nitrogen and oxygen atoms in total. The van der Waals surface area contributed by atoms with E-state index in [1.54, 1.807) is 0 Å². The number of nitriles is 1. The molecule has 4 heteroatoms. The molecule has 0 heterocycles. The number of carbonyl (C=O) groups is 1. The van der Waals surface area contributed by atoms with Crippen molar-refractivity contribution in [2.24, 2.45) is 17.3 Å². The Morgan fingerprint density at radius 3 is 2.41 bits per heavy atom. The highest BCUT2D eigenvalue weighted by atomic mass is 16.6. The van der Waals surface area contributed by atoms with E-state index in [9.17, 15) is 4.79 Å². The first-order valence-corrected chi connectivity index (χ1v) is 8.50. The lowest BCUT2D eigenvalue weighted by atomic mass is 10.1. The van der Waals surface area contributed by atoms with E-state index in [1.807, 2.05) is 20.8 Å². The van der Waals surface area contributed by atoms with E-state index in [4.69, 9.17) is 10.00 Å². The number of hydrogen-bond acceptors (Lipinski definition) is 4. The quantitative estimate of drug-likeness (QED) is 0.577.